The lowest BCUT2D eigenvalue weighted by Crippen LogP contribution is -2.27. The second-order valence-corrected chi connectivity index (χ2v) is 5.88. The Labute approximate surface area is 145 Å². The maximum absolute atomic E-state index is 12.9. The highest BCUT2D eigenvalue weighted by atomic mass is 19.1. The zero-order chi connectivity index (χ0) is 17.8. The number of aryl methyl sites for hydroxylation is 1. The molecule has 1 aromatic heterocycles. The molecule has 2 aromatic carbocycles. The predicted molar refractivity (Wildman–Crippen MR) is 91.0 cm³/mol. The molecule has 0 aliphatic carbocycles. The highest BCUT2D eigenvalue weighted by Gasteiger charge is 2.15. The SMILES string of the molecule is Cc1ccccc1-c1noc(CN(C)C(=O)Cc2ccc(F)cc2)n1. The van der Waals surface area contributed by atoms with Gasteiger partial charge in [0.1, 0.15) is 5.82 Å². The molecule has 0 aliphatic rings. The Hall–Kier alpha value is -3.02. The van der Waals surface area contributed by atoms with Gasteiger partial charge in [-0.15, -0.1) is 0 Å². The first-order chi connectivity index (χ1) is 12.0. The van der Waals surface area contributed by atoms with Crippen LogP contribution in [-0.2, 0) is 17.8 Å². The van der Waals surface area contributed by atoms with Crippen molar-refractivity contribution in [2.24, 2.45) is 0 Å². The summed E-state index contributed by atoms with van der Waals surface area (Å²) < 4.78 is 18.2. The smallest absolute Gasteiger partial charge is 0.246 e. The number of likely N-dealkylation sites (N-methyl/N-ethyl adjacent to an activating group) is 1. The fourth-order valence-electron chi connectivity index (χ4n) is 2.46. The van der Waals surface area contributed by atoms with Crippen LogP contribution in [0.2, 0.25) is 0 Å². The number of hydrogen-bond acceptors (Lipinski definition) is 4. The van der Waals surface area contributed by atoms with Crippen molar-refractivity contribution < 1.29 is 13.7 Å². The Bertz CT molecular complexity index is 874. The monoisotopic (exact) mass is 339 g/mol. The van der Waals surface area contributed by atoms with Gasteiger partial charge in [-0.2, -0.15) is 4.98 Å². The molecular weight excluding hydrogens is 321 g/mol. The van der Waals surface area contributed by atoms with Crippen molar-refractivity contribution in [2.45, 2.75) is 19.9 Å². The first-order valence-electron chi connectivity index (χ1n) is 7.90. The minimum Gasteiger partial charge on any atom is -0.337 e. The number of nitrogens with zero attached hydrogens (tertiary/aromatic N) is 3. The minimum absolute atomic E-state index is 0.109. The zero-order valence-electron chi connectivity index (χ0n) is 14.1. The van der Waals surface area contributed by atoms with Gasteiger partial charge in [-0.1, -0.05) is 41.6 Å². The summed E-state index contributed by atoms with van der Waals surface area (Å²) in [7, 11) is 1.67. The van der Waals surface area contributed by atoms with Crippen LogP contribution in [0.1, 0.15) is 17.0 Å². The number of benzene rings is 2. The molecule has 0 bridgehead atoms. The van der Waals surface area contributed by atoms with E-state index in [1.54, 1.807) is 19.2 Å². The van der Waals surface area contributed by atoms with E-state index in [-0.39, 0.29) is 24.7 Å². The lowest BCUT2D eigenvalue weighted by Gasteiger charge is -2.14. The predicted octanol–water partition coefficient (Wildman–Crippen LogP) is 3.39. The van der Waals surface area contributed by atoms with E-state index in [2.05, 4.69) is 10.1 Å². The number of carbonyl (C=O) groups excluding carboxylic acids is 1. The van der Waals surface area contributed by atoms with E-state index in [0.717, 1.165) is 16.7 Å². The van der Waals surface area contributed by atoms with E-state index in [1.807, 2.05) is 31.2 Å². The Morgan fingerprint density at radius 1 is 1.16 bits per heavy atom. The van der Waals surface area contributed by atoms with Gasteiger partial charge in [-0.25, -0.2) is 4.39 Å². The van der Waals surface area contributed by atoms with E-state index in [4.69, 9.17) is 4.52 Å². The van der Waals surface area contributed by atoms with Gasteiger partial charge in [-0.3, -0.25) is 4.79 Å². The van der Waals surface area contributed by atoms with Gasteiger partial charge in [-0.05, 0) is 30.2 Å². The van der Waals surface area contributed by atoms with Crippen molar-refractivity contribution in [1.82, 2.24) is 15.0 Å². The zero-order valence-corrected chi connectivity index (χ0v) is 14.1. The normalized spacial score (nSPS) is 10.7. The minimum atomic E-state index is -0.320. The number of hydrogen-bond donors (Lipinski definition) is 0. The summed E-state index contributed by atoms with van der Waals surface area (Å²) >= 11 is 0. The molecule has 6 heteroatoms. The van der Waals surface area contributed by atoms with Gasteiger partial charge in [0.25, 0.3) is 0 Å². The van der Waals surface area contributed by atoms with Crippen molar-refractivity contribution in [3.63, 3.8) is 0 Å². The Morgan fingerprint density at radius 3 is 2.60 bits per heavy atom. The molecule has 0 aliphatic heterocycles. The molecule has 1 amide bonds. The van der Waals surface area contributed by atoms with Gasteiger partial charge < -0.3 is 9.42 Å². The average Bonchev–Trinajstić information content (AvgIpc) is 3.05. The number of carbonyl (C=O) groups is 1. The van der Waals surface area contributed by atoms with Crippen molar-refractivity contribution >= 4 is 5.91 Å². The number of rotatable bonds is 5. The molecule has 3 aromatic rings. The number of amides is 1. The lowest BCUT2D eigenvalue weighted by molar-refractivity contribution is -0.130. The van der Waals surface area contributed by atoms with Crippen LogP contribution in [-0.4, -0.2) is 28.0 Å². The maximum atomic E-state index is 12.9. The summed E-state index contributed by atoms with van der Waals surface area (Å²) in [6, 6.07) is 13.6. The molecule has 0 saturated carbocycles. The van der Waals surface area contributed by atoms with Gasteiger partial charge in [0.2, 0.25) is 17.6 Å². The fraction of sp³-hybridized carbons (Fsp3) is 0.211. The van der Waals surface area contributed by atoms with Gasteiger partial charge >= 0.3 is 0 Å². The number of halogens is 1. The second kappa shape index (κ2) is 7.25. The molecule has 0 fully saturated rings. The first-order valence-corrected chi connectivity index (χ1v) is 7.90. The fourth-order valence-corrected chi connectivity index (χ4v) is 2.46. The Morgan fingerprint density at radius 2 is 1.88 bits per heavy atom. The van der Waals surface area contributed by atoms with Crippen LogP contribution in [0.25, 0.3) is 11.4 Å². The third kappa shape index (κ3) is 4.09. The van der Waals surface area contributed by atoms with E-state index in [1.165, 1.54) is 17.0 Å². The molecular formula is C19H18FN3O2. The summed E-state index contributed by atoms with van der Waals surface area (Å²) in [5.74, 6) is 0.446. The summed E-state index contributed by atoms with van der Waals surface area (Å²) in [6.45, 7) is 2.20. The molecule has 0 saturated heterocycles. The van der Waals surface area contributed by atoms with Gasteiger partial charge in [0.05, 0.1) is 13.0 Å². The Kier molecular flexibility index (Phi) is 4.88. The standard InChI is InChI=1S/C19H18FN3O2/c1-13-5-3-4-6-16(13)19-21-17(25-22-19)12-23(2)18(24)11-14-7-9-15(20)10-8-14/h3-10H,11-12H2,1-2H3. The molecule has 0 unspecified atom stereocenters. The summed E-state index contributed by atoms with van der Waals surface area (Å²) in [5.41, 5.74) is 2.71. The van der Waals surface area contributed by atoms with Crippen molar-refractivity contribution in [1.29, 1.82) is 0 Å². The van der Waals surface area contributed by atoms with Crippen molar-refractivity contribution in [3.05, 3.63) is 71.4 Å². The van der Waals surface area contributed by atoms with Gasteiger partial charge in [0, 0.05) is 12.6 Å². The molecule has 128 valence electrons. The average molecular weight is 339 g/mol. The summed E-state index contributed by atoms with van der Waals surface area (Å²) in [4.78, 5) is 18.1. The van der Waals surface area contributed by atoms with E-state index in [0.29, 0.717) is 11.7 Å². The first kappa shape index (κ1) is 16.8. The molecule has 0 N–H and O–H groups in total. The third-order valence-electron chi connectivity index (χ3n) is 3.92. The molecule has 3 rings (SSSR count). The highest BCUT2D eigenvalue weighted by molar-refractivity contribution is 5.78. The molecule has 1 heterocycles. The number of aromatic nitrogens is 2. The van der Waals surface area contributed by atoms with Crippen LogP contribution in [0, 0.1) is 12.7 Å². The van der Waals surface area contributed by atoms with Crippen molar-refractivity contribution in [3.8, 4) is 11.4 Å². The second-order valence-electron chi connectivity index (χ2n) is 5.88. The third-order valence-corrected chi connectivity index (χ3v) is 3.92. The summed E-state index contributed by atoms with van der Waals surface area (Å²) in [6.07, 6.45) is 0.190. The molecule has 0 atom stereocenters. The van der Waals surface area contributed by atoms with E-state index >= 15 is 0 Å². The molecule has 5 nitrogen and oxygen atoms in total. The topological polar surface area (TPSA) is 59.2 Å². The van der Waals surface area contributed by atoms with Crippen LogP contribution in [0.3, 0.4) is 0 Å². The van der Waals surface area contributed by atoms with Gasteiger partial charge in [0.15, 0.2) is 0 Å². The van der Waals surface area contributed by atoms with E-state index < -0.39 is 0 Å². The van der Waals surface area contributed by atoms with Crippen LogP contribution in [0.5, 0.6) is 0 Å². The van der Waals surface area contributed by atoms with E-state index in [9.17, 15) is 9.18 Å². The largest absolute Gasteiger partial charge is 0.337 e. The Balaban J connectivity index is 1.65. The highest BCUT2D eigenvalue weighted by Crippen LogP contribution is 2.20. The van der Waals surface area contributed by atoms with Crippen LogP contribution in [0.15, 0.2) is 53.1 Å². The van der Waals surface area contributed by atoms with Crippen LogP contribution >= 0.6 is 0 Å². The summed E-state index contributed by atoms with van der Waals surface area (Å²) in [5, 5.41) is 3.99. The van der Waals surface area contributed by atoms with Crippen LogP contribution in [0.4, 0.5) is 4.39 Å². The van der Waals surface area contributed by atoms with Crippen molar-refractivity contribution in [2.75, 3.05) is 7.05 Å². The molecule has 0 radical (unpaired) electrons. The maximum Gasteiger partial charge on any atom is 0.246 e. The molecule has 0 spiro atoms. The lowest BCUT2D eigenvalue weighted by atomic mass is 10.1. The van der Waals surface area contributed by atoms with Crippen LogP contribution < -0.4 is 0 Å². The quantitative estimate of drug-likeness (QED) is 0.715. The molecule has 25 heavy (non-hydrogen) atoms.